The first-order valence-electron chi connectivity index (χ1n) is 4.25. The van der Waals surface area contributed by atoms with Gasteiger partial charge in [0.2, 0.25) is 0 Å². The van der Waals surface area contributed by atoms with Crippen molar-refractivity contribution < 1.29 is 9.90 Å². The lowest BCUT2D eigenvalue weighted by molar-refractivity contribution is 0.0697. The summed E-state index contributed by atoms with van der Waals surface area (Å²) in [6.07, 6.45) is 0. The zero-order valence-electron chi connectivity index (χ0n) is 8.04. The van der Waals surface area contributed by atoms with Gasteiger partial charge in [-0.25, -0.2) is 4.79 Å². The Morgan fingerprint density at radius 1 is 1.50 bits per heavy atom. The molecule has 0 aliphatic carbocycles. The number of aromatic carboxylic acids is 1. The minimum atomic E-state index is -0.965. The molecule has 0 fully saturated rings. The molecule has 0 aromatic heterocycles. The van der Waals surface area contributed by atoms with Crippen LogP contribution in [0.4, 0.5) is 5.69 Å². The van der Waals surface area contributed by atoms with Crippen LogP contribution in [-0.4, -0.2) is 11.1 Å². The highest BCUT2D eigenvalue weighted by Gasteiger charge is 2.13. The van der Waals surface area contributed by atoms with Crippen molar-refractivity contribution in [2.75, 3.05) is 5.73 Å². The van der Waals surface area contributed by atoms with Gasteiger partial charge in [-0.05, 0) is 23.6 Å². The van der Waals surface area contributed by atoms with E-state index in [9.17, 15) is 4.79 Å². The van der Waals surface area contributed by atoms with Gasteiger partial charge in [0.15, 0.2) is 0 Å². The van der Waals surface area contributed by atoms with E-state index in [0.29, 0.717) is 5.69 Å². The van der Waals surface area contributed by atoms with E-state index in [1.54, 1.807) is 6.07 Å². The molecule has 0 atom stereocenters. The highest BCUT2D eigenvalue weighted by molar-refractivity contribution is 9.10. The number of hydrogen-bond acceptors (Lipinski definition) is 2. The monoisotopic (exact) mass is 257 g/mol. The molecule has 1 aromatic rings. The average molecular weight is 258 g/mol. The molecule has 3 N–H and O–H groups in total. The molecule has 0 saturated carbocycles. The summed E-state index contributed by atoms with van der Waals surface area (Å²) in [5.74, 6) is -0.695. The van der Waals surface area contributed by atoms with E-state index in [-0.39, 0.29) is 11.5 Å². The summed E-state index contributed by atoms with van der Waals surface area (Å²) in [4.78, 5) is 10.7. The number of benzene rings is 1. The molecule has 4 heteroatoms. The maximum absolute atomic E-state index is 10.7. The predicted octanol–water partition coefficient (Wildman–Crippen LogP) is 2.85. The maximum atomic E-state index is 10.7. The standard InChI is InChI=1S/C10H12BrNO2/c1-5(2)9-7(11)3-6(10(13)14)4-8(9)12/h3-5H,12H2,1-2H3,(H,13,14). The second-order valence-corrected chi connectivity index (χ2v) is 4.28. The van der Waals surface area contributed by atoms with Crippen molar-refractivity contribution in [2.45, 2.75) is 19.8 Å². The fraction of sp³-hybridized carbons (Fsp3) is 0.300. The number of halogens is 1. The summed E-state index contributed by atoms with van der Waals surface area (Å²) in [7, 11) is 0. The highest BCUT2D eigenvalue weighted by Crippen LogP contribution is 2.31. The van der Waals surface area contributed by atoms with E-state index in [1.807, 2.05) is 13.8 Å². The Hall–Kier alpha value is -1.03. The van der Waals surface area contributed by atoms with Crippen LogP contribution in [0.15, 0.2) is 16.6 Å². The Labute approximate surface area is 91.1 Å². The number of nitrogen functional groups attached to an aromatic ring is 1. The fourth-order valence-electron chi connectivity index (χ4n) is 1.37. The molecule has 1 rings (SSSR count). The summed E-state index contributed by atoms with van der Waals surface area (Å²) >= 11 is 3.32. The van der Waals surface area contributed by atoms with E-state index in [0.717, 1.165) is 10.0 Å². The Bertz CT molecular complexity index is 351. The van der Waals surface area contributed by atoms with Crippen LogP contribution in [0.1, 0.15) is 35.7 Å². The summed E-state index contributed by atoms with van der Waals surface area (Å²) in [6.45, 7) is 4.02. The largest absolute Gasteiger partial charge is 0.478 e. The molecule has 0 bridgehead atoms. The molecule has 0 radical (unpaired) electrons. The third-order valence-electron chi connectivity index (χ3n) is 1.99. The fourth-order valence-corrected chi connectivity index (χ4v) is 2.31. The number of nitrogens with two attached hydrogens (primary N) is 1. The van der Waals surface area contributed by atoms with Crippen LogP contribution in [-0.2, 0) is 0 Å². The van der Waals surface area contributed by atoms with Crippen LogP contribution in [0.25, 0.3) is 0 Å². The number of rotatable bonds is 2. The zero-order valence-corrected chi connectivity index (χ0v) is 9.63. The molecule has 14 heavy (non-hydrogen) atoms. The van der Waals surface area contributed by atoms with Gasteiger partial charge in [-0.2, -0.15) is 0 Å². The van der Waals surface area contributed by atoms with E-state index in [2.05, 4.69) is 15.9 Å². The number of anilines is 1. The molecule has 1 aromatic carbocycles. The number of carboxylic acids is 1. The Morgan fingerprint density at radius 3 is 2.43 bits per heavy atom. The van der Waals surface area contributed by atoms with E-state index in [4.69, 9.17) is 10.8 Å². The van der Waals surface area contributed by atoms with Crippen molar-refractivity contribution >= 4 is 27.6 Å². The lowest BCUT2D eigenvalue weighted by Crippen LogP contribution is -2.03. The van der Waals surface area contributed by atoms with Crippen LogP contribution >= 0.6 is 15.9 Å². The van der Waals surface area contributed by atoms with Crippen LogP contribution in [0.3, 0.4) is 0 Å². The Morgan fingerprint density at radius 2 is 2.07 bits per heavy atom. The highest BCUT2D eigenvalue weighted by atomic mass is 79.9. The molecule has 0 saturated heterocycles. The van der Waals surface area contributed by atoms with Gasteiger partial charge in [0.25, 0.3) is 0 Å². The number of carbonyl (C=O) groups is 1. The lowest BCUT2D eigenvalue weighted by Gasteiger charge is -2.12. The normalized spacial score (nSPS) is 10.6. The first-order valence-corrected chi connectivity index (χ1v) is 5.05. The van der Waals surface area contributed by atoms with E-state index in [1.165, 1.54) is 6.07 Å². The second-order valence-electron chi connectivity index (χ2n) is 3.42. The molecular formula is C10H12BrNO2. The van der Waals surface area contributed by atoms with Crippen molar-refractivity contribution in [3.63, 3.8) is 0 Å². The molecular weight excluding hydrogens is 246 g/mol. The van der Waals surface area contributed by atoms with Gasteiger partial charge < -0.3 is 10.8 Å². The van der Waals surface area contributed by atoms with Gasteiger partial charge in [-0.3, -0.25) is 0 Å². The molecule has 0 unspecified atom stereocenters. The summed E-state index contributed by atoms with van der Waals surface area (Å²) in [5, 5.41) is 8.79. The van der Waals surface area contributed by atoms with Gasteiger partial charge in [0.1, 0.15) is 0 Å². The smallest absolute Gasteiger partial charge is 0.335 e. The van der Waals surface area contributed by atoms with Gasteiger partial charge in [-0.1, -0.05) is 29.8 Å². The van der Waals surface area contributed by atoms with E-state index < -0.39 is 5.97 Å². The van der Waals surface area contributed by atoms with Crippen molar-refractivity contribution in [3.05, 3.63) is 27.7 Å². The molecule has 0 spiro atoms. The molecule has 76 valence electrons. The van der Waals surface area contributed by atoms with Gasteiger partial charge in [0, 0.05) is 10.2 Å². The summed E-state index contributed by atoms with van der Waals surface area (Å²) in [6, 6.07) is 3.07. The van der Waals surface area contributed by atoms with Crippen molar-refractivity contribution in [2.24, 2.45) is 0 Å². The Kier molecular flexibility index (Phi) is 3.16. The van der Waals surface area contributed by atoms with Gasteiger partial charge in [-0.15, -0.1) is 0 Å². The minimum Gasteiger partial charge on any atom is -0.478 e. The average Bonchev–Trinajstić information content (AvgIpc) is 2.01. The maximum Gasteiger partial charge on any atom is 0.335 e. The number of hydrogen-bond donors (Lipinski definition) is 2. The quantitative estimate of drug-likeness (QED) is 0.801. The minimum absolute atomic E-state index is 0.207. The van der Waals surface area contributed by atoms with Gasteiger partial charge >= 0.3 is 5.97 Å². The first kappa shape index (κ1) is 11.0. The third kappa shape index (κ3) is 2.07. The summed E-state index contributed by atoms with van der Waals surface area (Å²) < 4.78 is 0.755. The van der Waals surface area contributed by atoms with Crippen LogP contribution in [0.5, 0.6) is 0 Å². The zero-order chi connectivity index (χ0) is 10.9. The van der Waals surface area contributed by atoms with Crippen molar-refractivity contribution in [1.82, 2.24) is 0 Å². The molecule has 3 nitrogen and oxygen atoms in total. The van der Waals surface area contributed by atoms with E-state index >= 15 is 0 Å². The van der Waals surface area contributed by atoms with Crippen LogP contribution in [0.2, 0.25) is 0 Å². The molecule has 0 amide bonds. The van der Waals surface area contributed by atoms with Crippen molar-refractivity contribution in [3.8, 4) is 0 Å². The predicted molar refractivity (Wildman–Crippen MR) is 59.6 cm³/mol. The third-order valence-corrected chi connectivity index (χ3v) is 2.64. The first-order chi connectivity index (χ1) is 6.43. The molecule has 0 aliphatic rings. The van der Waals surface area contributed by atoms with Crippen LogP contribution in [0, 0.1) is 0 Å². The summed E-state index contributed by atoms with van der Waals surface area (Å²) in [5.41, 5.74) is 7.45. The van der Waals surface area contributed by atoms with Gasteiger partial charge in [0.05, 0.1) is 5.56 Å². The molecule has 0 aliphatic heterocycles. The van der Waals surface area contributed by atoms with Crippen LogP contribution < -0.4 is 5.73 Å². The Balaban J connectivity index is 3.32. The topological polar surface area (TPSA) is 63.3 Å². The number of carboxylic acid groups (broad SMARTS) is 1. The van der Waals surface area contributed by atoms with Crippen molar-refractivity contribution in [1.29, 1.82) is 0 Å². The second kappa shape index (κ2) is 4.00. The lowest BCUT2D eigenvalue weighted by atomic mass is 9.99. The SMILES string of the molecule is CC(C)c1c(N)cc(C(=O)O)cc1Br. The molecule has 0 heterocycles.